The molecule has 2 rings (SSSR count). The molecule has 4 heteroatoms. The van der Waals surface area contributed by atoms with Gasteiger partial charge < -0.3 is 10.1 Å². The Morgan fingerprint density at radius 2 is 2.16 bits per heavy atom. The highest BCUT2D eigenvalue weighted by atomic mass is 35.5. The van der Waals surface area contributed by atoms with E-state index in [1.807, 2.05) is 18.2 Å². The van der Waals surface area contributed by atoms with Crippen molar-refractivity contribution in [2.75, 3.05) is 13.2 Å². The molecule has 1 atom stereocenters. The smallest absolute Gasteiger partial charge is 0.255 e. The Balaban J connectivity index is 2.17. The first-order valence-electron chi connectivity index (χ1n) is 6.77. The van der Waals surface area contributed by atoms with Crippen molar-refractivity contribution in [1.82, 2.24) is 5.32 Å². The fourth-order valence-electron chi connectivity index (χ4n) is 2.11. The number of ether oxygens (including phenoxy) is 1. The Bertz CT molecular complexity index is 459. The number of alkyl halides is 1. The second kappa shape index (κ2) is 6.29. The molecule has 0 aliphatic carbocycles. The molecule has 1 unspecified atom stereocenters. The fourth-order valence-corrected chi connectivity index (χ4v) is 2.37. The van der Waals surface area contributed by atoms with Gasteiger partial charge in [-0.25, -0.2) is 0 Å². The Morgan fingerprint density at radius 3 is 2.89 bits per heavy atom. The highest BCUT2D eigenvalue weighted by molar-refractivity contribution is 6.20. The molecule has 0 saturated heterocycles. The van der Waals surface area contributed by atoms with E-state index in [1.165, 1.54) is 0 Å². The first-order chi connectivity index (χ1) is 9.08. The first-order valence-corrected chi connectivity index (χ1v) is 7.20. The largest absolute Gasteiger partial charge is 0.491 e. The maximum absolute atomic E-state index is 11.9. The summed E-state index contributed by atoms with van der Waals surface area (Å²) in [5.41, 5.74) is 1.58. The zero-order chi connectivity index (χ0) is 13.8. The lowest BCUT2D eigenvalue weighted by Gasteiger charge is -2.13. The van der Waals surface area contributed by atoms with Crippen molar-refractivity contribution in [2.24, 2.45) is 5.92 Å². The molecule has 0 radical (unpaired) electrons. The number of rotatable bonds is 4. The summed E-state index contributed by atoms with van der Waals surface area (Å²) in [6, 6.07) is 5.66. The van der Waals surface area contributed by atoms with Crippen molar-refractivity contribution in [3.8, 4) is 5.75 Å². The quantitative estimate of drug-likeness (QED) is 0.858. The topological polar surface area (TPSA) is 38.3 Å². The summed E-state index contributed by atoms with van der Waals surface area (Å²) in [5, 5.41) is 2.76. The molecule has 1 aromatic rings. The van der Waals surface area contributed by atoms with Crippen molar-refractivity contribution in [3.05, 3.63) is 29.3 Å². The second-order valence-corrected chi connectivity index (χ2v) is 5.83. The predicted molar refractivity (Wildman–Crippen MR) is 76.9 cm³/mol. The molecule has 3 nitrogen and oxygen atoms in total. The molecular weight excluding hydrogens is 262 g/mol. The molecule has 1 N–H and O–H groups in total. The molecule has 19 heavy (non-hydrogen) atoms. The van der Waals surface area contributed by atoms with Gasteiger partial charge in [0, 0.05) is 0 Å². The molecule has 1 heterocycles. The van der Waals surface area contributed by atoms with Crippen LogP contribution >= 0.6 is 11.6 Å². The Morgan fingerprint density at radius 1 is 1.37 bits per heavy atom. The van der Waals surface area contributed by atoms with Crippen LogP contribution in [-0.4, -0.2) is 19.1 Å². The minimum atomic E-state index is -0.0814. The Kier molecular flexibility index (Phi) is 4.70. The maximum Gasteiger partial charge on any atom is 0.255 e. The highest BCUT2D eigenvalue weighted by Crippen LogP contribution is 2.31. The minimum Gasteiger partial charge on any atom is -0.491 e. The van der Waals surface area contributed by atoms with Gasteiger partial charge in [-0.3, -0.25) is 4.79 Å². The number of halogens is 1. The standard InChI is InChI=1S/C15H20ClNO2/c1-10(2)3-5-13(16)11-4-6-14-12(9-11)15(18)17-7-8-19-14/h4,6,9-10,13H,3,5,7-8H2,1-2H3,(H,17,18). The van der Waals surface area contributed by atoms with Crippen molar-refractivity contribution < 1.29 is 9.53 Å². The number of fused-ring (bicyclic) bond motifs is 1. The van der Waals surface area contributed by atoms with Crippen molar-refractivity contribution in [3.63, 3.8) is 0 Å². The molecule has 1 aromatic carbocycles. The molecule has 0 fully saturated rings. The van der Waals surface area contributed by atoms with E-state index in [9.17, 15) is 4.79 Å². The number of carbonyl (C=O) groups excluding carboxylic acids is 1. The number of carbonyl (C=O) groups is 1. The molecule has 0 spiro atoms. The third-order valence-corrected chi connectivity index (χ3v) is 3.72. The van der Waals surface area contributed by atoms with Gasteiger partial charge in [0.2, 0.25) is 0 Å². The Labute approximate surface area is 119 Å². The van der Waals surface area contributed by atoms with Crippen LogP contribution in [0.4, 0.5) is 0 Å². The van der Waals surface area contributed by atoms with Crippen LogP contribution in [0.25, 0.3) is 0 Å². The minimum absolute atomic E-state index is 0.0521. The van der Waals surface area contributed by atoms with Gasteiger partial charge in [-0.1, -0.05) is 19.9 Å². The van der Waals surface area contributed by atoms with E-state index in [1.54, 1.807) is 0 Å². The van der Waals surface area contributed by atoms with Gasteiger partial charge in [0.05, 0.1) is 17.5 Å². The lowest BCUT2D eigenvalue weighted by atomic mass is 10.00. The van der Waals surface area contributed by atoms with Gasteiger partial charge in [-0.2, -0.15) is 0 Å². The van der Waals surface area contributed by atoms with Crippen LogP contribution < -0.4 is 10.1 Å². The highest BCUT2D eigenvalue weighted by Gasteiger charge is 2.18. The van der Waals surface area contributed by atoms with E-state index in [-0.39, 0.29) is 11.3 Å². The van der Waals surface area contributed by atoms with E-state index >= 15 is 0 Å². The van der Waals surface area contributed by atoms with Gasteiger partial charge in [0.25, 0.3) is 5.91 Å². The lowest BCUT2D eigenvalue weighted by molar-refractivity contribution is 0.0957. The van der Waals surface area contributed by atoms with Crippen LogP contribution in [0, 0.1) is 5.92 Å². The SMILES string of the molecule is CC(C)CCC(Cl)c1ccc2c(c1)C(=O)NCCO2. The Hall–Kier alpha value is -1.22. The summed E-state index contributed by atoms with van der Waals surface area (Å²) in [7, 11) is 0. The summed E-state index contributed by atoms with van der Waals surface area (Å²) in [6.45, 7) is 5.42. The van der Waals surface area contributed by atoms with Crippen LogP contribution in [0.15, 0.2) is 18.2 Å². The molecule has 0 saturated carbocycles. The normalized spacial score (nSPS) is 16.3. The molecule has 1 aliphatic heterocycles. The zero-order valence-electron chi connectivity index (χ0n) is 11.4. The van der Waals surface area contributed by atoms with E-state index in [2.05, 4.69) is 19.2 Å². The maximum atomic E-state index is 11.9. The third-order valence-electron chi connectivity index (χ3n) is 3.25. The number of benzene rings is 1. The van der Waals surface area contributed by atoms with E-state index in [0.29, 0.717) is 30.4 Å². The molecule has 1 aliphatic rings. The summed E-state index contributed by atoms with van der Waals surface area (Å²) in [4.78, 5) is 11.9. The summed E-state index contributed by atoms with van der Waals surface area (Å²) < 4.78 is 5.53. The van der Waals surface area contributed by atoms with E-state index in [4.69, 9.17) is 16.3 Å². The molecule has 1 amide bonds. The summed E-state index contributed by atoms with van der Waals surface area (Å²) in [6.07, 6.45) is 1.99. The summed E-state index contributed by atoms with van der Waals surface area (Å²) in [5.74, 6) is 1.20. The number of hydrogen-bond donors (Lipinski definition) is 1. The molecular formula is C15H20ClNO2. The lowest BCUT2D eigenvalue weighted by Crippen LogP contribution is -2.24. The van der Waals surface area contributed by atoms with Gasteiger partial charge in [0.15, 0.2) is 0 Å². The zero-order valence-corrected chi connectivity index (χ0v) is 12.2. The van der Waals surface area contributed by atoms with Gasteiger partial charge in [-0.15, -0.1) is 11.6 Å². The van der Waals surface area contributed by atoms with Crippen molar-refractivity contribution >= 4 is 17.5 Å². The van der Waals surface area contributed by atoms with Crippen LogP contribution in [0.3, 0.4) is 0 Å². The second-order valence-electron chi connectivity index (χ2n) is 5.30. The average Bonchev–Trinajstić information content (AvgIpc) is 2.58. The molecule has 104 valence electrons. The van der Waals surface area contributed by atoms with Crippen LogP contribution in [0.2, 0.25) is 0 Å². The van der Waals surface area contributed by atoms with E-state index in [0.717, 1.165) is 18.4 Å². The number of nitrogens with one attached hydrogen (secondary N) is 1. The number of amides is 1. The van der Waals surface area contributed by atoms with Crippen LogP contribution in [0.1, 0.15) is 48.0 Å². The van der Waals surface area contributed by atoms with Gasteiger partial charge in [0.1, 0.15) is 12.4 Å². The fraction of sp³-hybridized carbons (Fsp3) is 0.533. The third kappa shape index (κ3) is 3.63. The first kappa shape index (κ1) is 14.2. The van der Waals surface area contributed by atoms with Crippen LogP contribution in [0.5, 0.6) is 5.75 Å². The average molecular weight is 282 g/mol. The number of hydrogen-bond acceptors (Lipinski definition) is 2. The van der Waals surface area contributed by atoms with Gasteiger partial charge in [-0.05, 0) is 36.5 Å². The van der Waals surface area contributed by atoms with Crippen LogP contribution in [-0.2, 0) is 0 Å². The van der Waals surface area contributed by atoms with Crippen molar-refractivity contribution in [2.45, 2.75) is 32.1 Å². The van der Waals surface area contributed by atoms with E-state index < -0.39 is 0 Å². The molecule has 0 aromatic heterocycles. The monoisotopic (exact) mass is 281 g/mol. The van der Waals surface area contributed by atoms with Gasteiger partial charge >= 0.3 is 0 Å². The van der Waals surface area contributed by atoms with Crippen molar-refractivity contribution in [1.29, 1.82) is 0 Å². The summed E-state index contributed by atoms with van der Waals surface area (Å²) >= 11 is 6.41. The predicted octanol–water partition coefficient (Wildman–Crippen LogP) is 3.52. The molecule has 0 bridgehead atoms.